The van der Waals surface area contributed by atoms with Crippen LogP contribution in [0.25, 0.3) is 0 Å². The molecule has 1 aromatic heterocycles. The second-order valence-electron chi connectivity index (χ2n) is 7.28. The van der Waals surface area contributed by atoms with E-state index in [1.165, 1.54) is 4.90 Å². The molecule has 8 nitrogen and oxygen atoms in total. The van der Waals surface area contributed by atoms with E-state index in [2.05, 4.69) is 10.3 Å². The molecule has 156 valence electrons. The molecule has 0 bridgehead atoms. The number of hydrogen-bond donors (Lipinski definition) is 1. The molecule has 0 radical (unpaired) electrons. The number of benzene rings is 1. The van der Waals surface area contributed by atoms with Crippen LogP contribution in [0.2, 0.25) is 0 Å². The van der Waals surface area contributed by atoms with Crippen LogP contribution in [0.1, 0.15) is 47.8 Å². The zero-order valence-corrected chi connectivity index (χ0v) is 17.4. The SMILES string of the molecule is CCOc1ccccc1NC(=O)N1CCC(c2nc(C(=O)N(C)C)c(C)o2)CC1. The second kappa shape index (κ2) is 8.98. The van der Waals surface area contributed by atoms with Crippen LogP contribution < -0.4 is 10.1 Å². The Labute approximate surface area is 170 Å². The van der Waals surface area contributed by atoms with Gasteiger partial charge in [0.05, 0.1) is 12.3 Å². The smallest absolute Gasteiger partial charge is 0.321 e. The molecule has 1 aliphatic heterocycles. The van der Waals surface area contributed by atoms with Gasteiger partial charge in [-0.05, 0) is 38.8 Å². The van der Waals surface area contributed by atoms with E-state index in [4.69, 9.17) is 9.15 Å². The summed E-state index contributed by atoms with van der Waals surface area (Å²) in [5, 5.41) is 2.93. The standard InChI is InChI=1S/C21H28N4O4/c1-5-28-17-9-7-6-8-16(17)22-21(27)25-12-10-15(11-13-25)19-23-18(14(2)29-19)20(26)24(3)4/h6-9,15H,5,10-13H2,1-4H3,(H,22,27). The predicted octanol–water partition coefficient (Wildman–Crippen LogP) is 3.50. The Morgan fingerprint density at radius 3 is 2.62 bits per heavy atom. The minimum atomic E-state index is -0.165. The summed E-state index contributed by atoms with van der Waals surface area (Å²) < 4.78 is 11.3. The first-order valence-electron chi connectivity index (χ1n) is 9.87. The molecular weight excluding hydrogens is 372 g/mol. The molecule has 0 atom stereocenters. The van der Waals surface area contributed by atoms with Crippen LogP contribution in [0.15, 0.2) is 28.7 Å². The van der Waals surface area contributed by atoms with Crippen LogP contribution in [-0.4, -0.2) is 60.5 Å². The van der Waals surface area contributed by atoms with E-state index in [0.717, 1.165) is 12.8 Å². The molecule has 8 heteroatoms. The molecule has 0 saturated carbocycles. The summed E-state index contributed by atoms with van der Waals surface area (Å²) >= 11 is 0. The second-order valence-corrected chi connectivity index (χ2v) is 7.28. The first kappa shape index (κ1) is 20.7. The van der Waals surface area contributed by atoms with Gasteiger partial charge in [-0.3, -0.25) is 4.79 Å². The van der Waals surface area contributed by atoms with E-state index >= 15 is 0 Å². The minimum Gasteiger partial charge on any atom is -0.492 e. The molecule has 1 aromatic carbocycles. The highest BCUT2D eigenvalue weighted by Gasteiger charge is 2.29. The Kier molecular flexibility index (Phi) is 6.41. The van der Waals surface area contributed by atoms with Crippen molar-refractivity contribution < 1.29 is 18.7 Å². The average Bonchev–Trinajstić information content (AvgIpc) is 3.10. The van der Waals surface area contributed by atoms with Crippen molar-refractivity contribution in [3.05, 3.63) is 41.6 Å². The molecule has 3 amide bonds. The molecule has 29 heavy (non-hydrogen) atoms. The van der Waals surface area contributed by atoms with Gasteiger partial charge in [-0.25, -0.2) is 9.78 Å². The van der Waals surface area contributed by atoms with Gasteiger partial charge in [0.2, 0.25) is 0 Å². The van der Waals surface area contributed by atoms with Gasteiger partial charge in [-0.15, -0.1) is 0 Å². The quantitative estimate of drug-likeness (QED) is 0.830. The fraction of sp³-hybridized carbons (Fsp3) is 0.476. The van der Waals surface area contributed by atoms with Crippen molar-refractivity contribution in [3.8, 4) is 5.75 Å². The molecule has 1 saturated heterocycles. The van der Waals surface area contributed by atoms with Crippen LogP contribution in [-0.2, 0) is 0 Å². The van der Waals surface area contributed by atoms with Crippen LogP contribution in [0.4, 0.5) is 10.5 Å². The zero-order valence-electron chi connectivity index (χ0n) is 17.4. The van der Waals surface area contributed by atoms with Gasteiger partial charge in [0.1, 0.15) is 11.5 Å². The van der Waals surface area contributed by atoms with Gasteiger partial charge in [-0.2, -0.15) is 0 Å². The highest BCUT2D eigenvalue weighted by Crippen LogP contribution is 2.30. The Bertz CT molecular complexity index is 869. The number of rotatable bonds is 5. The van der Waals surface area contributed by atoms with E-state index in [9.17, 15) is 9.59 Å². The number of oxazole rings is 1. The number of piperidine rings is 1. The number of aryl methyl sites for hydroxylation is 1. The van der Waals surface area contributed by atoms with Crippen molar-refractivity contribution in [2.24, 2.45) is 0 Å². The number of para-hydroxylation sites is 2. The number of amides is 3. The summed E-state index contributed by atoms with van der Waals surface area (Å²) in [7, 11) is 3.38. The third-order valence-electron chi connectivity index (χ3n) is 4.98. The van der Waals surface area contributed by atoms with Crippen molar-refractivity contribution in [1.29, 1.82) is 0 Å². The maximum Gasteiger partial charge on any atom is 0.321 e. The lowest BCUT2D eigenvalue weighted by Crippen LogP contribution is -2.40. The third-order valence-corrected chi connectivity index (χ3v) is 4.98. The molecule has 0 aliphatic carbocycles. The monoisotopic (exact) mass is 400 g/mol. The number of anilines is 1. The highest BCUT2D eigenvalue weighted by atomic mass is 16.5. The number of hydrogen-bond acceptors (Lipinski definition) is 5. The van der Waals surface area contributed by atoms with Crippen LogP contribution in [0.5, 0.6) is 5.75 Å². The molecule has 0 unspecified atom stereocenters. The fourth-order valence-electron chi connectivity index (χ4n) is 3.38. The molecule has 1 fully saturated rings. The van der Waals surface area contributed by atoms with E-state index in [-0.39, 0.29) is 17.9 Å². The number of carbonyl (C=O) groups excluding carboxylic acids is 2. The van der Waals surface area contributed by atoms with Gasteiger partial charge in [0, 0.05) is 33.1 Å². The first-order valence-corrected chi connectivity index (χ1v) is 9.87. The van der Waals surface area contributed by atoms with Crippen molar-refractivity contribution in [2.45, 2.75) is 32.6 Å². The average molecular weight is 400 g/mol. The number of aromatic nitrogens is 1. The third kappa shape index (κ3) is 4.70. The lowest BCUT2D eigenvalue weighted by atomic mass is 9.97. The number of likely N-dealkylation sites (tertiary alicyclic amines) is 1. The minimum absolute atomic E-state index is 0.0946. The summed E-state index contributed by atoms with van der Waals surface area (Å²) in [6, 6.07) is 7.25. The number of carbonyl (C=O) groups is 2. The highest BCUT2D eigenvalue weighted by molar-refractivity contribution is 5.93. The number of nitrogens with one attached hydrogen (secondary N) is 1. The predicted molar refractivity (Wildman–Crippen MR) is 109 cm³/mol. The molecule has 2 aromatic rings. The van der Waals surface area contributed by atoms with Crippen molar-refractivity contribution in [2.75, 3.05) is 39.1 Å². The molecular formula is C21H28N4O4. The van der Waals surface area contributed by atoms with Gasteiger partial charge in [0.15, 0.2) is 11.6 Å². The van der Waals surface area contributed by atoms with Crippen LogP contribution in [0, 0.1) is 6.92 Å². The van der Waals surface area contributed by atoms with Gasteiger partial charge >= 0.3 is 6.03 Å². The summed E-state index contributed by atoms with van der Waals surface area (Å²) in [5.41, 5.74) is 1.02. The number of nitrogens with zero attached hydrogens (tertiary/aromatic N) is 3. The van der Waals surface area contributed by atoms with E-state index in [1.807, 2.05) is 31.2 Å². The van der Waals surface area contributed by atoms with Gasteiger partial charge in [0.25, 0.3) is 5.91 Å². The fourth-order valence-corrected chi connectivity index (χ4v) is 3.38. The molecule has 1 aliphatic rings. The molecule has 0 spiro atoms. The van der Waals surface area contributed by atoms with Crippen LogP contribution >= 0.6 is 0 Å². The summed E-state index contributed by atoms with van der Waals surface area (Å²) in [5.74, 6) is 1.70. The van der Waals surface area contributed by atoms with Crippen molar-refractivity contribution in [1.82, 2.24) is 14.8 Å². The summed E-state index contributed by atoms with van der Waals surface area (Å²) in [4.78, 5) is 32.5. The Morgan fingerprint density at radius 2 is 1.97 bits per heavy atom. The lowest BCUT2D eigenvalue weighted by Gasteiger charge is -2.30. The number of ether oxygens (including phenoxy) is 1. The normalized spacial score (nSPS) is 14.6. The Hall–Kier alpha value is -3.03. The van der Waals surface area contributed by atoms with E-state index in [0.29, 0.717) is 48.5 Å². The molecule has 1 N–H and O–H groups in total. The van der Waals surface area contributed by atoms with Crippen molar-refractivity contribution in [3.63, 3.8) is 0 Å². The molecule has 3 rings (SSSR count). The summed E-state index contributed by atoms with van der Waals surface area (Å²) in [6.45, 7) is 5.38. The first-order chi connectivity index (χ1) is 13.9. The Balaban J connectivity index is 1.60. The van der Waals surface area contributed by atoms with E-state index in [1.54, 1.807) is 25.9 Å². The summed E-state index contributed by atoms with van der Waals surface area (Å²) in [6.07, 6.45) is 1.46. The molecule has 2 heterocycles. The maximum atomic E-state index is 12.7. The van der Waals surface area contributed by atoms with Gasteiger partial charge < -0.3 is 24.3 Å². The van der Waals surface area contributed by atoms with Gasteiger partial charge in [-0.1, -0.05) is 12.1 Å². The number of urea groups is 1. The largest absolute Gasteiger partial charge is 0.492 e. The van der Waals surface area contributed by atoms with Crippen LogP contribution in [0.3, 0.4) is 0 Å². The van der Waals surface area contributed by atoms with E-state index < -0.39 is 0 Å². The maximum absolute atomic E-state index is 12.7. The van der Waals surface area contributed by atoms with Crippen molar-refractivity contribution >= 4 is 17.6 Å². The lowest BCUT2D eigenvalue weighted by molar-refractivity contribution is 0.0821. The Morgan fingerprint density at radius 1 is 1.28 bits per heavy atom. The zero-order chi connectivity index (χ0) is 21.0. The topological polar surface area (TPSA) is 87.9 Å².